The molecule has 4 nitrogen and oxygen atoms in total. The standard InChI is InChI=1S/C18H18FNO3S/c19-16-8-4-5-14(11-16)12-18(21)20-9-10-24(22,23)13-17(20)15-6-2-1-3-7-15/h1-8,11,17H,9-10,12-13H2/t17-/m0/s1. The van der Waals surface area contributed by atoms with E-state index in [1.807, 2.05) is 30.3 Å². The maximum atomic E-state index is 13.3. The minimum atomic E-state index is -3.18. The number of amides is 1. The van der Waals surface area contributed by atoms with Crippen molar-refractivity contribution >= 4 is 15.7 Å². The number of nitrogens with zero attached hydrogens (tertiary/aromatic N) is 1. The summed E-state index contributed by atoms with van der Waals surface area (Å²) in [4.78, 5) is 14.3. The number of benzene rings is 2. The summed E-state index contributed by atoms with van der Waals surface area (Å²) in [6.07, 6.45) is 0.0567. The Morgan fingerprint density at radius 1 is 1.12 bits per heavy atom. The van der Waals surface area contributed by atoms with Crippen LogP contribution in [0.25, 0.3) is 0 Å². The first-order valence-electron chi connectivity index (χ1n) is 7.74. The van der Waals surface area contributed by atoms with Crippen LogP contribution < -0.4 is 0 Å². The predicted octanol–water partition coefficient (Wildman–Crippen LogP) is 2.37. The highest BCUT2D eigenvalue weighted by molar-refractivity contribution is 7.91. The molecule has 1 saturated heterocycles. The van der Waals surface area contributed by atoms with Gasteiger partial charge in [-0.2, -0.15) is 0 Å². The molecule has 0 bridgehead atoms. The fraction of sp³-hybridized carbons (Fsp3) is 0.278. The van der Waals surface area contributed by atoms with Gasteiger partial charge in [-0.15, -0.1) is 0 Å². The van der Waals surface area contributed by atoms with Crippen LogP contribution in [0.2, 0.25) is 0 Å². The Balaban J connectivity index is 1.85. The van der Waals surface area contributed by atoms with Crippen LogP contribution in [0.5, 0.6) is 0 Å². The van der Waals surface area contributed by atoms with E-state index in [1.165, 1.54) is 12.1 Å². The SMILES string of the molecule is O=C(Cc1cccc(F)c1)N1CCS(=O)(=O)C[C@H]1c1ccccc1. The first-order valence-corrected chi connectivity index (χ1v) is 9.56. The van der Waals surface area contributed by atoms with Gasteiger partial charge in [0.15, 0.2) is 9.84 Å². The number of carbonyl (C=O) groups is 1. The molecule has 0 aliphatic carbocycles. The van der Waals surface area contributed by atoms with E-state index in [0.717, 1.165) is 5.56 Å². The molecule has 24 heavy (non-hydrogen) atoms. The first-order chi connectivity index (χ1) is 11.4. The van der Waals surface area contributed by atoms with Crippen LogP contribution in [0, 0.1) is 5.82 Å². The summed E-state index contributed by atoms with van der Waals surface area (Å²) >= 11 is 0. The fourth-order valence-electron chi connectivity index (χ4n) is 2.98. The van der Waals surface area contributed by atoms with Gasteiger partial charge in [0.1, 0.15) is 5.82 Å². The molecule has 0 radical (unpaired) electrons. The summed E-state index contributed by atoms with van der Waals surface area (Å²) in [5.74, 6) is -0.692. The maximum absolute atomic E-state index is 13.3. The Morgan fingerprint density at radius 2 is 1.88 bits per heavy atom. The number of halogens is 1. The van der Waals surface area contributed by atoms with Crippen molar-refractivity contribution in [1.82, 2.24) is 4.90 Å². The molecule has 2 aromatic carbocycles. The molecule has 6 heteroatoms. The first kappa shape index (κ1) is 16.6. The van der Waals surface area contributed by atoms with Crippen molar-refractivity contribution < 1.29 is 17.6 Å². The van der Waals surface area contributed by atoms with Crippen LogP contribution in [0.4, 0.5) is 4.39 Å². The zero-order valence-corrected chi connectivity index (χ0v) is 13.9. The van der Waals surface area contributed by atoms with Crippen molar-refractivity contribution in [3.05, 3.63) is 71.5 Å². The normalized spacial score (nSPS) is 19.9. The fourth-order valence-corrected chi connectivity index (χ4v) is 4.48. The molecule has 1 heterocycles. The second-order valence-electron chi connectivity index (χ2n) is 5.93. The Hall–Kier alpha value is -2.21. The number of hydrogen-bond donors (Lipinski definition) is 0. The summed E-state index contributed by atoms with van der Waals surface area (Å²) in [6, 6.07) is 14.6. The highest BCUT2D eigenvalue weighted by atomic mass is 32.2. The van der Waals surface area contributed by atoms with Gasteiger partial charge in [0, 0.05) is 6.54 Å². The summed E-state index contributed by atoms with van der Waals surface area (Å²) < 4.78 is 37.3. The van der Waals surface area contributed by atoms with Crippen LogP contribution in [0.3, 0.4) is 0 Å². The Labute approximate surface area is 140 Å². The Bertz CT molecular complexity index is 836. The van der Waals surface area contributed by atoms with Gasteiger partial charge in [0.25, 0.3) is 0 Å². The van der Waals surface area contributed by atoms with E-state index in [4.69, 9.17) is 0 Å². The van der Waals surface area contributed by atoms with Crippen molar-refractivity contribution in [2.24, 2.45) is 0 Å². The van der Waals surface area contributed by atoms with Crippen LogP contribution in [-0.2, 0) is 21.1 Å². The maximum Gasteiger partial charge on any atom is 0.227 e. The van der Waals surface area contributed by atoms with Crippen molar-refractivity contribution in [3.8, 4) is 0 Å². The number of rotatable bonds is 3. The van der Waals surface area contributed by atoms with Crippen LogP contribution in [-0.4, -0.2) is 37.3 Å². The molecule has 1 aliphatic rings. The van der Waals surface area contributed by atoms with E-state index in [1.54, 1.807) is 17.0 Å². The van der Waals surface area contributed by atoms with E-state index in [0.29, 0.717) is 5.56 Å². The molecule has 3 rings (SSSR count). The third kappa shape index (κ3) is 3.82. The van der Waals surface area contributed by atoms with Gasteiger partial charge in [0.05, 0.1) is 24.0 Å². The Kier molecular flexibility index (Phi) is 4.66. The lowest BCUT2D eigenvalue weighted by Gasteiger charge is -2.36. The van der Waals surface area contributed by atoms with Gasteiger partial charge in [-0.1, -0.05) is 42.5 Å². The highest BCUT2D eigenvalue weighted by Crippen LogP contribution is 2.27. The molecular formula is C18H18FNO3S. The van der Waals surface area contributed by atoms with E-state index in [9.17, 15) is 17.6 Å². The Morgan fingerprint density at radius 3 is 2.58 bits per heavy atom. The van der Waals surface area contributed by atoms with E-state index in [2.05, 4.69) is 0 Å². The quantitative estimate of drug-likeness (QED) is 0.856. The van der Waals surface area contributed by atoms with Gasteiger partial charge in [0.2, 0.25) is 5.91 Å². The lowest BCUT2D eigenvalue weighted by molar-refractivity contribution is -0.132. The van der Waals surface area contributed by atoms with Crippen molar-refractivity contribution in [1.29, 1.82) is 0 Å². The second-order valence-corrected chi connectivity index (χ2v) is 8.16. The minimum absolute atomic E-state index is 0.0365. The van der Waals surface area contributed by atoms with Gasteiger partial charge in [-0.3, -0.25) is 4.79 Å². The number of sulfone groups is 1. The molecule has 1 aliphatic heterocycles. The average Bonchev–Trinajstić information content (AvgIpc) is 2.55. The second kappa shape index (κ2) is 6.73. The molecule has 0 saturated carbocycles. The van der Waals surface area contributed by atoms with Crippen LogP contribution in [0.1, 0.15) is 17.2 Å². The van der Waals surface area contributed by atoms with E-state index >= 15 is 0 Å². The molecule has 126 valence electrons. The summed E-state index contributed by atoms with van der Waals surface area (Å²) in [5, 5.41) is 0. The minimum Gasteiger partial charge on any atom is -0.333 e. The zero-order chi connectivity index (χ0) is 17.2. The lowest BCUT2D eigenvalue weighted by Crippen LogP contribution is -2.46. The average molecular weight is 347 g/mol. The van der Waals surface area contributed by atoms with Crippen molar-refractivity contribution in [2.45, 2.75) is 12.5 Å². The smallest absolute Gasteiger partial charge is 0.227 e. The van der Waals surface area contributed by atoms with Crippen LogP contribution >= 0.6 is 0 Å². The largest absolute Gasteiger partial charge is 0.333 e. The van der Waals surface area contributed by atoms with Crippen molar-refractivity contribution in [2.75, 3.05) is 18.1 Å². The molecule has 1 amide bonds. The van der Waals surface area contributed by atoms with E-state index < -0.39 is 15.9 Å². The van der Waals surface area contributed by atoms with Crippen LogP contribution in [0.15, 0.2) is 54.6 Å². The molecule has 2 aromatic rings. The van der Waals surface area contributed by atoms with Gasteiger partial charge >= 0.3 is 0 Å². The van der Waals surface area contributed by atoms with Gasteiger partial charge < -0.3 is 4.90 Å². The predicted molar refractivity (Wildman–Crippen MR) is 89.7 cm³/mol. The topological polar surface area (TPSA) is 54.5 Å². The van der Waals surface area contributed by atoms with E-state index in [-0.39, 0.29) is 36.2 Å². The highest BCUT2D eigenvalue weighted by Gasteiger charge is 2.34. The van der Waals surface area contributed by atoms with Gasteiger partial charge in [-0.05, 0) is 23.3 Å². The summed E-state index contributed by atoms with van der Waals surface area (Å²) in [7, 11) is -3.18. The number of hydrogen-bond acceptors (Lipinski definition) is 3. The molecule has 0 unspecified atom stereocenters. The molecule has 1 fully saturated rings. The molecular weight excluding hydrogens is 329 g/mol. The summed E-state index contributed by atoms with van der Waals surface area (Å²) in [5.41, 5.74) is 1.38. The molecule has 0 spiro atoms. The summed E-state index contributed by atoms with van der Waals surface area (Å²) in [6.45, 7) is 0.163. The molecule has 0 aromatic heterocycles. The third-order valence-corrected chi connectivity index (χ3v) is 5.81. The van der Waals surface area contributed by atoms with Gasteiger partial charge in [-0.25, -0.2) is 12.8 Å². The zero-order valence-electron chi connectivity index (χ0n) is 13.1. The number of carbonyl (C=O) groups excluding carboxylic acids is 1. The molecule has 1 atom stereocenters. The van der Waals surface area contributed by atoms with Crippen molar-refractivity contribution in [3.63, 3.8) is 0 Å². The molecule has 0 N–H and O–H groups in total. The lowest BCUT2D eigenvalue weighted by atomic mass is 10.0. The monoisotopic (exact) mass is 347 g/mol. The third-order valence-electron chi connectivity index (χ3n) is 4.18.